The van der Waals surface area contributed by atoms with Crippen molar-refractivity contribution in [1.82, 2.24) is 9.80 Å². The summed E-state index contributed by atoms with van der Waals surface area (Å²) in [4.78, 5) is 48.2. The lowest BCUT2D eigenvalue weighted by Crippen LogP contribution is -2.49. The van der Waals surface area contributed by atoms with Crippen molar-refractivity contribution in [3.63, 3.8) is 0 Å². The number of nitrogens with zero attached hydrogens (tertiary/aromatic N) is 2. The Hall–Kier alpha value is -1.80. The van der Waals surface area contributed by atoms with Gasteiger partial charge in [-0.05, 0) is 6.42 Å². The van der Waals surface area contributed by atoms with E-state index in [1.54, 1.807) is 9.80 Å². The first-order chi connectivity index (χ1) is 9.02. The molecule has 0 spiro atoms. The average Bonchev–Trinajstić information content (AvgIpc) is 3.05. The smallest absolute Gasteiger partial charge is 0.327 e. The van der Waals surface area contributed by atoms with Gasteiger partial charge in [-0.1, -0.05) is 0 Å². The molecule has 0 N–H and O–H groups in total. The van der Waals surface area contributed by atoms with Gasteiger partial charge in [0.25, 0.3) is 0 Å². The number of ether oxygens (including phenoxy) is 2. The number of cyclic esters (lactones) is 4. The summed E-state index contributed by atoms with van der Waals surface area (Å²) in [5.41, 5.74) is 0. The molecular formula is C11H12N2O6. The standard InChI is InChI=1S/C11H12N2O6/c14-8-2-12(3-9(15)18-8)6-1-7(6)13-4-10(16)19-11(17)5-13/h6-7H,1-5H2. The SMILES string of the molecule is O=C1CN(C2CC2N2CC(=O)OC(=O)C2)CC(=O)O1. The van der Waals surface area contributed by atoms with Crippen LogP contribution in [0.1, 0.15) is 6.42 Å². The number of hydrogen-bond donors (Lipinski definition) is 0. The van der Waals surface area contributed by atoms with Crippen LogP contribution in [0.15, 0.2) is 0 Å². The highest BCUT2D eigenvalue weighted by atomic mass is 16.6. The van der Waals surface area contributed by atoms with E-state index in [9.17, 15) is 19.2 Å². The van der Waals surface area contributed by atoms with Crippen molar-refractivity contribution in [2.75, 3.05) is 26.2 Å². The molecule has 2 saturated heterocycles. The molecule has 2 unspecified atom stereocenters. The zero-order valence-electron chi connectivity index (χ0n) is 10.0. The Morgan fingerprint density at radius 3 is 1.32 bits per heavy atom. The number of carbonyl (C=O) groups excluding carboxylic acids is 4. The molecule has 3 fully saturated rings. The molecule has 0 radical (unpaired) electrons. The molecular weight excluding hydrogens is 256 g/mol. The van der Waals surface area contributed by atoms with Gasteiger partial charge in [-0.3, -0.25) is 29.0 Å². The maximum atomic E-state index is 11.2. The molecule has 0 aromatic rings. The third-order valence-corrected chi connectivity index (χ3v) is 3.45. The Morgan fingerprint density at radius 1 is 0.684 bits per heavy atom. The van der Waals surface area contributed by atoms with Gasteiger partial charge in [0.05, 0.1) is 26.2 Å². The van der Waals surface area contributed by atoms with Gasteiger partial charge in [0.1, 0.15) is 0 Å². The van der Waals surface area contributed by atoms with Gasteiger partial charge >= 0.3 is 23.9 Å². The Balaban J connectivity index is 1.61. The van der Waals surface area contributed by atoms with Gasteiger partial charge in [-0.15, -0.1) is 0 Å². The Morgan fingerprint density at radius 2 is 1.00 bits per heavy atom. The van der Waals surface area contributed by atoms with Crippen LogP contribution in [0.3, 0.4) is 0 Å². The van der Waals surface area contributed by atoms with E-state index in [-0.39, 0.29) is 38.3 Å². The van der Waals surface area contributed by atoms with Crippen LogP contribution in [0.4, 0.5) is 0 Å². The second-order valence-electron chi connectivity index (χ2n) is 4.87. The predicted molar refractivity (Wildman–Crippen MR) is 57.5 cm³/mol. The Bertz CT molecular complexity index is 402. The fourth-order valence-electron chi connectivity index (χ4n) is 2.58. The summed E-state index contributed by atoms with van der Waals surface area (Å²) in [5, 5.41) is 0. The molecule has 3 rings (SSSR count). The molecule has 1 saturated carbocycles. The maximum absolute atomic E-state index is 11.2. The first-order valence-corrected chi connectivity index (χ1v) is 5.98. The van der Waals surface area contributed by atoms with Crippen molar-refractivity contribution in [1.29, 1.82) is 0 Å². The normalized spacial score (nSPS) is 33.1. The number of carbonyl (C=O) groups is 4. The number of rotatable bonds is 2. The largest absolute Gasteiger partial charge is 0.391 e. The fraction of sp³-hybridized carbons (Fsp3) is 0.636. The maximum Gasteiger partial charge on any atom is 0.327 e. The van der Waals surface area contributed by atoms with E-state index in [0.717, 1.165) is 6.42 Å². The summed E-state index contributed by atoms with van der Waals surface area (Å²) in [6.45, 7) is 0.274. The third kappa shape index (κ3) is 2.49. The van der Waals surface area contributed by atoms with Crippen molar-refractivity contribution >= 4 is 23.9 Å². The molecule has 8 heteroatoms. The van der Waals surface area contributed by atoms with E-state index < -0.39 is 23.9 Å². The second-order valence-corrected chi connectivity index (χ2v) is 4.87. The van der Waals surface area contributed by atoms with Crippen molar-refractivity contribution in [2.24, 2.45) is 0 Å². The molecule has 3 aliphatic rings. The molecule has 8 nitrogen and oxygen atoms in total. The van der Waals surface area contributed by atoms with E-state index in [2.05, 4.69) is 9.47 Å². The van der Waals surface area contributed by atoms with E-state index >= 15 is 0 Å². The molecule has 1 aliphatic carbocycles. The van der Waals surface area contributed by atoms with Crippen molar-refractivity contribution in [2.45, 2.75) is 18.5 Å². The highest BCUT2D eigenvalue weighted by Crippen LogP contribution is 2.34. The lowest BCUT2D eigenvalue weighted by Gasteiger charge is -2.28. The first-order valence-electron chi connectivity index (χ1n) is 5.98. The van der Waals surface area contributed by atoms with Crippen LogP contribution in [-0.2, 0) is 28.7 Å². The number of hydrogen-bond acceptors (Lipinski definition) is 8. The van der Waals surface area contributed by atoms with Crippen molar-refractivity contribution in [3.8, 4) is 0 Å². The van der Waals surface area contributed by atoms with Gasteiger partial charge in [0.2, 0.25) is 0 Å². The molecule has 2 heterocycles. The van der Waals surface area contributed by atoms with Gasteiger partial charge < -0.3 is 9.47 Å². The minimum Gasteiger partial charge on any atom is -0.391 e. The summed E-state index contributed by atoms with van der Waals surface area (Å²) in [6.07, 6.45) is 0.723. The van der Waals surface area contributed by atoms with Crippen LogP contribution in [0.5, 0.6) is 0 Å². The van der Waals surface area contributed by atoms with Gasteiger partial charge in [-0.25, -0.2) is 0 Å². The van der Waals surface area contributed by atoms with Crippen LogP contribution in [-0.4, -0.2) is 71.9 Å². The summed E-state index contributed by atoms with van der Waals surface area (Å²) in [5.74, 6) is -2.24. The van der Waals surface area contributed by atoms with Crippen molar-refractivity contribution in [3.05, 3.63) is 0 Å². The van der Waals surface area contributed by atoms with E-state index in [4.69, 9.17) is 0 Å². The summed E-state index contributed by atoms with van der Waals surface area (Å²) >= 11 is 0. The highest BCUT2D eigenvalue weighted by molar-refractivity contribution is 5.91. The van der Waals surface area contributed by atoms with Crippen LogP contribution >= 0.6 is 0 Å². The molecule has 2 aliphatic heterocycles. The third-order valence-electron chi connectivity index (χ3n) is 3.45. The fourth-order valence-corrected chi connectivity index (χ4v) is 2.58. The molecule has 2 atom stereocenters. The van der Waals surface area contributed by atoms with E-state index in [1.165, 1.54) is 0 Å². The van der Waals surface area contributed by atoms with Gasteiger partial charge in [0, 0.05) is 12.1 Å². The molecule has 0 amide bonds. The summed E-state index contributed by atoms with van der Waals surface area (Å²) < 4.78 is 8.90. The van der Waals surface area contributed by atoms with Crippen LogP contribution in [0.25, 0.3) is 0 Å². The topological polar surface area (TPSA) is 93.2 Å². The summed E-state index contributed by atoms with van der Waals surface area (Å²) in [7, 11) is 0. The van der Waals surface area contributed by atoms with Gasteiger partial charge in [-0.2, -0.15) is 0 Å². The second kappa shape index (κ2) is 4.39. The molecule has 0 bridgehead atoms. The predicted octanol–water partition coefficient (Wildman–Crippen LogP) is -2.10. The molecule has 0 aromatic heterocycles. The average molecular weight is 268 g/mol. The minimum absolute atomic E-state index is 0.00972. The Labute approximate surface area is 108 Å². The van der Waals surface area contributed by atoms with E-state index in [0.29, 0.717) is 0 Å². The lowest BCUT2D eigenvalue weighted by atomic mass is 10.3. The number of esters is 4. The Kier molecular flexibility index (Phi) is 2.83. The van der Waals surface area contributed by atoms with Crippen LogP contribution < -0.4 is 0 Å². The zero-order chi connectivity index (χ0) is 13.6. The molecule has 102 valence electrons. The van der Waals surface area contributed by atoms with Crippen LogP contribution in [0, 0.1) is 0 Å². The zero-order valence-corrected chi connectivity index (χ0v) is 10.0. The highest BCUT2D eigenvalue weighted by Gasteiger charge is 2.50. The van der Waals surface area contributed by atoms with Gasteiger partial charge in [0.15, 0.2) is 0 Å². The molecule has 19 heavy (non-hydrogen) atoms. The van der Waals surface area contributed by atoms with Crippen LogP contribution in [0.2, 0.25) is 0 Å². The first kappa shape index (κ1) is 12.2. The lowest BCUT2D eigenvalue weighted by molar-refractivity contribution is -0.170. The monoisotopic (exact) mass is 268 g/mol. The number of morpholine rings is 2. The van der Waals surface area contributed by atoms with Crippen molar-refractivity contribution < 1.29 is 28.7 Å². The molecule has 0 aromatic carbocycles. The quantitative estimate of drug-likeness (QED) is 0.415. The van der Waals surface area contributed by atoms with E-state index in [1.807, 2.05) is 0 Å². The minimum atomic E-state index is -0.559. The summed E-state index contributed by atoms with van der Waals surface area (Å²) in [6, 6.07) is 0.0194.